The summed E-state index contributed by atoms with van der Waals surface area (Å²) in [6.07, 6.45) is 0. The number of nitrogen functional groups attached to an aromatic ring is 1. The predicted molar refractivity (Wildman–Crippen MR) is 81.5 cm³/mol. The zero-order valence-electron chi connectivity index (χ0n) is 11.3. The fraction of sp³-hybridized carbons (Fsp3) is 0.133. The number of carbonyl (C=O) groups excluding carboxylic acids is 1. The van der Waals surface area contributed by atoms with E-state index in [1.807, 2.05) is 0 Å². The van der Waals surface area contributed by atoms with E-state index in [1.54, 1.807) is 25.1 Å². The van der Waals surface area contributed by atoms with Crippen molar-refractivity contribution >= 4 is 34.6 Å². The highest BCUT2D eigenvalue weighted by Gasteiger charge is 2.16. The van der Waals surface area contributed by atoms with Crippen LogP contribution in [0.25, 0.3) is 0 Å². The first kappa shape index (κ1) is 15.1. The molecule has 0 unspecified atom stereocenters. The highest BCUT2D eigenvalue weighted by molar-refractivity contribution is 6.33. The Morgan fingerprint density at radius 1 is 1.38 bits per heavy atom. The molecule has 0 spiro atoms. The van der Waals surface area contributed by atoms with Gasteiger partial charge >= 0.3 is 5.97 Å². The molecule has 0 fully saturated rings. The lowest BCUT2D eigenvalue weighted by molar-refractivity contribution is 0.0527. The first-order valence-corrected chi connectivity index (χ1v) is 6.68. The maximum absolute atomic E-state index is 13.3. The van der Waals surface area contributed by atoms with Crippen LogP contribution in [0.1, 0.15) is 17.3 Å². The lowest BCUT2D eigenvalue weighted by atomic mass is 10.1. The number of hydrogen-bond donors (Lipinski definition) is 2. The van der Waals surface area contributed by atoms with Gasteiger partial charge in [-0.05, 0) is 37.3 Å². The molecule has 3 N–H and O–H groups in total. The van der Waals surface area contributed by atoms with Gasteiger partial charge in [-0.1, -0.05) is 17.7 Å². The minimum absolute atomic E-state index is 0.244. The molecule has 0 aliphatic rings. The van der Waals surface area contributed by atoms with Crippen molar-refractivity contribution in [3.05, 3.63) is 52.8 Å². The number of hydrogen-bond acceptors (Lipinski definition) is 4. The van der Waals surface area contributed by atoms with Crippen LogP contribution in [-0.4, -0.2) is 12.6 Å². The summed E-state index contributed by atoms with van der Waals surface area (Å²) in [7, 11) is 0. The van der Waals surface area contributed by atoms with Crippen LogP contribution < -0.4 is 11.1 Å². The van der Waals surface area contributed by atoms with E-state index in [-0.39, 0.29) is 12.2 Å². The second kappa shape index (κ2) is 6.45. The van der Waals surface area contributed by atoms with Gasteiger partial charge < -0.3 is 15.8 Å². The largest absolute Gasteiger partial charge is 0.462 e. The molecule has 4 nitrogen and oxygen atoms in total. The molecule has 0 saturated carbocycles. The lowest BCUT2D eigenvalue weighted by Gasteiger charge is -2.14. The van der Waals surface area contributed by atoms with Crippen molar-refractivity contribution in [3.8, 4) is 0 Å². The first-order valence-electron chi connectivity index (χ1n) is 6.30. The Labute approximate surface area is 126 Å². The van der Waals surface area contributed by atoms with Gasteiger partial charge in [0.05, 0.1) is 34.3 Å². The third-order valence-electron chi connectivity index (χ3n) is 2.78. The zero-order chi connectivity index (χ0) is 15.4. The van der Waals surface area contributed by atoms with Crippen molar-refractivity contribution < 1.29 is 13.9 Å². The van der Waals surface area contributed by atoms with Gasteiger partial charge in [-0.2, -0.15) is 0 Å². The van der Waals surface area contributed by atoms with Crippen LogP contribution in [0, 0.1) is 5.82 Å². The minimum Gasteiger partial charge on any atom is -0.462 e. The standard InChI is InChI=1S/C15H14ClFN2O2/c1-2-21-15(20)10-4-3-5-12(18)14(10)19-13-8-9(17)6-7-11(13)16/h3-8,19H,2,18H2,1H3. The molecule has 2 rings (SSSR count). The number of rotatable bonds is 4. The number of esters is 1. The van der Waals surface area contributed by atoms with Gasteiger partial charge in [0.2, 0.25) is 0 Å². The molecule has 0 aliphatic carbocycles. The van der Waals surface area contributed by atoms with Gasteiger partial charge in [-0.3, -0.25) is 0 Å². The van der Waals surface area contributed by atoms with Crippen molar-refractivity contribution in [2.45, 2.75) is 6.92 Å². The van der Waals surface area contributed by atoms with Crippen LogP contribution in [0.4, 0.5) is 21.5 Å². The monoisotopic (exact) mass is 308 g/mol. The van der Waals surface area contributed by atoms with Gasteiger partial charge in [0.1, 0.15) is 5.82 Å². The fourth-order valence-corrected chi connectivity index (χ4v) is 1.98. The maximum Gasteiger partial charge on any atom is 0.340 e. The summed E-state index contributed by atoms with van der Waals surface area (Å²) in [5, 5.41) is 3.21. The molecule has 110 valence electrons. The van der Waals surface area contributed by atoms with E-state index in [9.17, 15) is 9.18 Å². The van der Waals surface area contributed by atoms with Gasteiger partial charge in [-0.25, -0.2) is 9.18 Å². The SMILES string of the molecule is CCOC(=O)c1cccc(N)c1Nc1cc(F)ccc1Cl. The van der Waals surface area contributed by atoms with Crippen LogP contribution in [0.3, 0.4) is 0 Å². The summed E-state index contributed by atoms with van der Waals surface area (Å²) in [5.74, 6) is -0.964. The number of nitrogens with two attached hydrogens (primary N) is 1. The Morgan fingerprint density at radius 2 is 2.14 bits per heavy atom. The molecule has 2 aromatic rings. The van der Waals surface area contributed by atoms with Crippen molar-refractivity contribution in [3.63, 3.8) is 0 Å². The van der Waals surface area contributed by atoms with E-state index in [2.05, 4.69) is 5.32 Å². The number of carbonyl (C=O) groups is 1. The summed E-state index contributed by atoms with van der Waals surface area (Å²) in [6, 6.07) is 8.72. The molecule has 0 heterocycles. The van der Waals surface area contributed by atoms with Gasteiger partial charge in [0.15, 0.2) is 0 Å². The van der Waals surface area contributed by atoms with Crippen molar-refractivity contribution in [2.75, 3.05) is 17.7 Å². The second-order valence-corrected chi connectivity index (χ2v) is 4.65. The molecule has 21 heavy (non-hydrogen) atoms. The molecule has 0 bridgehead atoms. The topological polar surface area (TPSA) is 64.3 Å². The fourth-order valence-electron chi connectivity index (χ4n) is 1.82. The van der Waals surface area contributed by atoms with Gasteiger partial charge in [-0.15, -0.1) is 0 Å². The molecule has 0 atom stereocenters. The third kappa shape index (κ3) is 3.44. The Balaban J connectivity index is 2.43. The molecule has 2 aromatic carbocycles. The van der Waals surface area contributed by atoms with E-state index in [0.29, 0.717) is 22.1 Å². The zero-order valence-corrected chi connectivity index (χ0v) is 12.1. The quantitative estimate of drug-likeness (QED) is 0.662. The Morgan fingerprint density at radius 3 is 2.86 bits per heavy atom. The molecule has 0 amide bonds. The third-order valence-corrected chi connectivity index (χ3v) is 3.11. The van der Waals surface area contributed by atoms with E-state index in [4.69, 9.17) is 22.1 Å². The summed E-state index contributed by atoms with van der Waals surface area (Å²) >= 11 is 6.01. The van der Waals surface area contributed by atoms with Crippen LogP contribution in [0.15, 0.2) is 36.4 Å². The highest BCUT2D eigenvalue weighted by atomic mass is 35.5. The van der Waals surface area contributed by atoms with E-state index < -0.39 is 11.8 Å². The molecule has 0 aromatic heterocycles. The first-order chi connectivity index (χ1) is 10.0. The number of halogens is 2. The van der Waals surface area contributed by atoms with Crippen LogP contribution in [0.2, 0.25) is 5.02 Å². The highest BCUT2D eigenvalue weighted by Crippen LogP contribution is 2.32. The molecule has 0 aliphatic heterocycles. The van der Waals surface area contributed by atoms with E-state index in [0.717, 1.165) is 0 Å². The second-order valence-electron chi connectivity index (χ2n) is 4.24. The minimum atomic E-state index is -0.514. The maximum atomic E-state index is 13.3. The summed E-state index contributed by atoms with van der Waals surface area (Å²) in [5.41, 5.74) is 7.14. The average Bonchev–Trinajstić information content (AvgIpc) is 2.45. The molecular weight excluding hydrogens is 295 g/mol. The number of anilines is 3. The summed E-state index contributed by atoms with van der Waals surface area (Å²) in [6.45, 7) is 1.95. The van der Waals surface area contributed by atoms with Crippen LogP contribution in [-0.2, 0) is 4.74 Å². The number of ether oxygens (including phenoxy) is 1. The van der Waals surface area contributed by atoms with E-state index >= 15 is 0 Å². The average molecular weight is 309 g/mol. The van der Waals surface area contributed by atoms with Crippen molar-refractivity contribution in [1.29, 1.82) is 0 Å². The van der Waals surface area contributed by atoms with Gasteiger partial charge in [0.25, 0.3) is 0 Å². The summed E-state index contributed by atoms with van der Waals surface area (Å²) < 4.78 is 18.3. The Kier molecular flexibility index (Phi) is 4.65. The molecular formula is C15H14ClFN2O2. The number of nitrogens with one attached hydrogen (secondary N) is 1. The van der Waals surface area contributed by atoms with Gasteiger partial charge in [0, 0.05) is 0 Å². The van der Waals surface area contributed by atoms with Crippen LogP contribution >= 0.6 is 11.6 Å². The van der Waals surface area contributed by atoms with Crippen LogP contribution in [0.5, 0.6) is 0 Å². The normalized spacial score (nSPS) is 10.2. The predicted octanol–water partition coefficient (Wildman–Crippen LogP) is 3.98. The van der Waals surface area contributed by atoms with Crippen molar-refractivity contribution in [2.24, 2.45) is 0 Å². The number of benzene rings is 2. The summed E-state index contributed by atoms with van der Waals surface area (Å²) in [4.78, 5) is 11.9. The molecule has 0 saturated heterocycles. The Bertz CT molecular complexity index is 677. The smallest absolute Gasteiger partial charge is 0.340 e. The molecule has 6 heteroatoms. The Hall–Kier alpha value is -2.27. The lowest BCUT2D eigenvalue weighted by Crippen LogP contribution is -2.10. The molecule has 0 radical (unpaired) electrons. The van der Waals surface area contributed by atoms with E-state index in [1.165, 1.54) is 18.2 Å². The number of para-hydroxylation sites is 1. The van der Waals surface area contributed by atoms with Crippen molar-refractivity contribution in [1.82, 2.24) is 0 Å².